The van der Waals surface area contributed by atoms with Crippen molar-refractivity contribution in [3.63, 3.8) is 0 Å². The zero-order chi connectivity index (χ0) is 14.8. The maximum atomic E-state index is 6.39. The normalized spacial score (nSPS) is 12.8. The van der Waals surface area contributed by atoms with Crippen LogP contribution in [0.2, 0.25) is 8.67 Å². The highest BCUT2D eigenvalue weighted by Crippen LogP contribution is 2.39. The molecule has 1 unspecified atom stereocenters. The maximum Gasteiger partial charge on any atom is 0.0991 e. The molecule has 1 heterocycles. The van der Waals surface area contributed by atoms with Crippen molar-refractivity contribution in [3.05, 3.63) is 20.3 Å². The van der Waals surface area contributed by atoms with Gasteiger partial charge in [0.15, 0.2) is 0 Å². The van der Waals surface area contributed by atoms with E-state index in [0.29, 0.717) is 0 Å². The van der Waals surface area contributed by atoms with Crippen molar-refractivity contribution in [1.29, 1.82) is 0 Å². The Bertz CT molecular complexity index is 363. The molecule has 0 N–H and O–H groups in total. The molecule has 0 aliphatic rings. The summed E-state index contributed by atoms with van der Waals surface area (Å²) in [6, 6.07) is 1.90. The second-order valence-corrected chi connectivity index (χ2v) is 8.18. The molecule has 0 aliphatic carbocycles. The van der Waals surface area contributed by atoms with Gasteiger partial charge in [-0.15, -0.1) is 22.9 Å². The minimum Gasteiger partial charge on any atom is -0.118 e. The molecule has 20 heavy (non-hydrogen) atoms. The lowest BCUT2D eigenvalue weighted by molar-refractivity contribution is 0.554. The smallest absolute Gasteiger partial charge is 0.0991 e. The summed E-state index contributed by atoms with van der Waals surface area (Å²) in [5.41, 5.74) is 1.00. The molecule has 1 atom stereocenters. The topological polar surface area (TPSA) is 0 Å². The van der Waals surface area contributed by atoms with Crippen LogP contribution in [0.1, 0.15) is 82.1 Å². The predicted octanol–water partition coefficient (Wildman–Crippen LogP) is 8.26. The van der Waals surface area contributed by atoms with Crippen LogP contribution in [-0.2, 0) is 0 Å². The molecular formula is C16H25Cl3S. The summed E-state index contributed by atoms with van der Waals surface area (Å²) in [6.07, 6.45) is 13.0. The van der Waals surface area contributed by atoms with Gasteiger partial charge in [0.25, 0.3) is 0 Å². The van der Waals surface area contributed by atoms with Crippen molar-refractivity contribution in [3.8, 4) is 0 Å². The first kappa shape index (κ1) is 18.6. The van der Waals surface area contributed by atoms with Crippen LogP contribution in [0.15, 0.2) is 6.07 Å². The van der Waals surface area contributed by atoms with Gasteiger partial charge in [-0.2, -0.15) is 0 Å². The van der Waals surface area contributed by atoms with E-state index in [1.165, 1.54) is 69.1 Å². The number of halogens is 3. The summed E-state index contributed by atoms with van der Waals surface area (Å²) in [5.74, 6) is 0. The molecule has 0 saturated carbocycles. The minimum absolute atomic E-state index is 0.0100. The van der Waals surface area contributed by atoms with Gasteiger partial charge in [-0.05, 0) is 12.5 Å². The Morgan fingerprint density at radius 2 is 1.50 bits per heavy atom. The largest absolute Gasteiger partial charge is 0.118 e. The van der Waals surface area contributed by atoms with E-state index in [9.17, 15) is 0 Å². The first-order chi connectivity index (χ1) is 9.65. The fourth-order valence-electron chi connectivity index (χ4n) is 2.36. The molecule has 0 bridgehead atoms. The minimum atomic E-state index is 0.0100. The highest BCUT2D eigenvalue weighted by Gasteiger charge is 2.14. The molecule has 4 heteroatoms. The van der Waals surface area contributed by atoms with Gasteiger partial charge < -0.3 is 0 Å². The van der Waals surface area contributed by atoms with Crippen molar-refractivity contribution >= 4 is 46.1 Å². The second-order valence-electron chi connectivity index (χ2n) is 5.36. The summed E-state index contributed by atoms with van der Waals surface area (Å²) in [6.45, 7) is 2.26. The van der Waals surface area contributed by atoms with E-state index in [1.54, 1.807) is 0 Å². The summed E-state index contributed by atoms with van der Waals surface area (Å²) >= 11 is 19.8. The molecule has 1 aromatic rings. The van der Waals surface area contributed by atoms with Gasteiger partial charge in [0.05, 0.1) is 14.0 Å². The van der Waals surface area contributed by atoms with Crippen LogP contribution in [0.25, 0.3) is 0 Å². The Hall–Kier alpha value is 0.570. The van der Waals surface area contributed by atoms with Gasteiger partial charge in [0, 0.05) is 5.56 Å². The predicted molar refractivity (Wildman–Crippen MR) is 94.8 cm³/mol. The number of hydrogen-bond acceptors (Lipinski definition) is 1. The van der Waals surface area contributed by atoms with Crippen molar-refractivity contribution < 1.29 is 0 Å². The molecule has 0 amide bonds. The highest BCUT2D eigenvalue weighted by atomic mass is 35.5. The molecule has 1 aromatic heterocycles. The fourth-order valence-corrected chi connectivity index (χ4v) is 4.38. The molecule has 0 aliphatic heterocycles. The Labute approximate surface area is 142 Å². The number of thiophene rings is 1. The molecule has 0 fully saturated rings. The number of alkyl halides is 1. The van der Waals surface area contributed by atoms with E-state index < -0.39 is 0 Å². The molecule has 0 nitrogen and oxygen atoms in total. The van der Waals surface area contributed by atoms with Crippen molar-refractivity contribution in [1.82, 2.24) is 0 Å². The third-order valence-electron chi connectivity index (χ3n) is 3.58. The first-order valence-electron chi connectivity index (χ1n) is 7.74. The fraction of sp³-hybridized carbons (Fsp3) is 0.750. The van der Waals surface area contributed by atoms with E-state index in [1.807, 2.05) is 6.07 Å². The molecule has 0 aromatic carbocycles. The zero-order valence-corrected chi connectivity index (χ0v) is 15.4. The van der Waals surface area contributed by atoms with Crippen LogP contribution in [0, 0.1) is 0 Å². The Morgan fingerprint density at radius 3 is 2.00 bits per heavy atom. The van der Waals surface area contributed by atoms with Gasteiger partial charge in [-0.1, -0.05) is 87.9 Å². The molecule has 0 radical (unpaired) electrons. The van der Waals surface area contributed by atoms with Gasteiger partial charge >= 0.3 is 0 Å². The quantitative estimate of drug-likeness (QED) is 0.277. The maximum absolute atomic E-state index is 6.39. The highest BCUT2D eigenvalue weighted by molar-refractivity contribution is 7.20. The average molecular weight is 356 g/mol. The van der Waals surface area contributed by atoms with Crippen LogP contribution in [0.5, 0.6) is 0 Å². The monoisotopic (exact) mass is 354 g/mol. The van der Waals surface area contributed by atoms with E-state index >= 15 is 0 Å². The van der Waals surface area contributed by atoms with Crippen molar-refractivity contribution in [2.24, 2.45) is 0 Å². The van der Waals surface area contributed by atoms with Gasteiger partial charge in [-0.3, -0.25) is 0 Å². The van der Waals surface area contributed by atoms with Crippen LogP contribution in [-0.4, -0.2) is 0 Å². The molecule has 116 valence electrons. The van der Waals surface area contributed by atoms with Crippen LogP contribution in [0.4, 0.5) is 0 Å². The molecule has 0 spiro atoms. The van der Waals surface area contributed by atoms with Gasteiger partial charge in [-0.25, -0.2) is 0 Å². The lowest BCUT2D eigenvalue weighted by Crippen LogP contribution is -1.89. The van der Waals surface area contributed by atoms with Crippen molar-refractivity contribution in [2.75, 3.05) is 0 Å². The Kier molecular flexibility index (Phi) is 10.4. The van der Waals surface area contributed by atoms with E-state index in [0.717, 1.165) is 20.7 Å². The number of rotatable bonds is 11. The van der Waals surface area contributed by atoms with Gasteiger partial charge in [0.1, 0.15) is 0 Å². The number of hydrogen-bond donors (Lipinski definition) is 0. The molecule has 1 rings (SSSR count). The van der Waals surface area contributed by atoms with Crippen LogP contribution in [0.3, 0.4) is 0 Å². The Balaban J connectivity index is 2.02. The van der Waals surface area contributed by atoms with E-state index in [4.69, 9.17) is 34.8 Å². The molecule has 0 saturated heterocycles. The lowest BCUT2D eigenvalue weighted by Gasteiger charge is -2.08. The van der Waals surface area contributed by atoms with Crippen molar-refractivity contribution in [2.45, 2.75) is 76.5 Å². The average Bonchev–Trinajstić information content (AvgIpc) is 2.75. The summed E-state index contributed by atoms with van der Waals surface area (Å²) < 4.78 is 1.47. The zero-order valence-electron chi connectivity index (χ0n) is 12.3. The third-order valence-corrected chi connectivity index (χ3v) is 5.55. The van der Waals surface area contributed by atoms with E-state index in [-0.39, 0.29) is 5.38 Å². The number of unbranched alkanes of at least 4 members (excludes halogenated alkanes) is 8. The van der Waals surface area contributed by atoms with E-state index in [2.05, 4.69) is 6.92 Å². The second kappa shape index (κ2) is 11.2. The SMILES string of the molecule is CCCCCCCCCCCC(Cl)c1cc(Cl)sc1Cl. The van der Waals surface area contributed by atoms with Gasteiger partial charge in [0.2, 0.25) is 0 Å². The Morgan fingerprint density at radius 1 is 0.950 bits per heavy atom. The third kappa shape index (κ3) is 7.54. The summed E-state index contributed by atoms with van der Waals surface area (Å²) in [4.78, 5) is 0. The lowest BCUT2D eigenvalue weighted by atomic mass is 10.0. The standard InChI is InChI=1S/C16H25Cl3S/c1-2-3-4-5-6-7-8-9-10-11-14(17)13-12-15(18)20-16(13)19/h12,14H,2-11H2,1H3. The summed E-state index contributed by atoms with van der Waals surface area (Å²) in [7, 11) is 0. The summed E-state index contributed by atoms with van der Waals surface area (Å²) in [5, 5.41) is 0.0100. The first-order valence-corrected chi connectivity index (χ1v) is 9.74. The van der Waals surface area contributed by atoms with Crippen LogP contribution < -0.4 is 0 Å². The van der Waals surface area contributed by atoms with Crippen LogP contribution >= 0.6 is 46.1 Å². The molecular weight excluding hydrogens is 331 g/mol.